The van der Waals surface area contributed by atoms with Crippen LogP contribution in [-0.2, 0) is 0 Å². The van der Waals surface area contributed by atoms with E-state index in [1.54, 1.807) is 0 Å². The van der Waals surface area contributed by atoms with E-state index in [4.69, 9.17) is 23.2 Å². The maximum Gasteiger partial charge on any atom is 0.141 e. The highest BCUT2D eigenvalue weighted by atomic mass is 35.5. The Kier molecular flexibility index (Phi) is 3.50. The molecule has 3 nitrogen and oxygen atoms in total. The Hall–Kier alpha value is -1.32. The third-order valence-corrected chi connectivity index (χ3v) is 3.00. The van der Waals surface area contributed by atoms with Gasteiger partial charge in [0.1, 0.15) is 16.6 Å². The highest BCUT2D eigenvalue weighted by Gasteiger charge is 2.10. The molecule has 0 aliphatic heterocycles. The number of aromatic nitrogens is 2. The van der Waals surface area contributed by atoms with Crippen molar-refractivity contribution in [3.63, 3.8) is 0 Å². The summed E-state index contributed by atoms with van der Waals surface area (Å²) < 4.78 is 0. The van der Waals surface area contributed by atoms with Crippen molar-refractivity contribution in [3.05, 3.63) is 40.9 Å². The second kappa shape index (κ2) is 4.90. The van der Waals surface area contributed by atoms with Crippen LogP contribution in [0.1, 0.15) is 0 Å². The van der Waals surface area contributed by atoms with E-state index in [1.165, 1.54) is 6.33 Å². The van der Waals surface area contributed by atoms with E-state index in [0.717, 1.165) is 11.3 Å². The molecule has 1 aromatic heterocycles. The van der Waals surface area contributed by atoms with Crippen LogP contribution in [0.15, 0.2) is 30.6 Å². The van der Waals surface area contributed by atoms with Gasteiger partial charge in [0.05, 0.1) is 5.56 Å². The first kappa shape index (κ1) is 12.1. The van der Waals surface area contributed by atoms with Crippen LogP contribution in [0.4, 0.5) is 5.69 Å². The van der Waals surface area contributed by atoms with Crippen LogP contribution in [0.25, 0.3) is 11.1 Å². The van der Waals surface area contributed by atoms with Crippen LogP contribution in [0, 0.1) is 0 Å². The molecular formula is C12H11Cl2N3. The number of benzene rings is 1. The molecule has 17 heavy (non-hydrogen) atoms. The number of rotatable bonds is 2. The Labute approximate surface area is 110 Å². The molecule has 0 fully saturated rings. The fourth-order valence-electron chi connectivity index (χ4n) is 1.51. The zero-order valence-corrected chi connectivity index (χ0v) is 11.0. The molecule has 2 aromatic rings. The molecular weight excluding hydrogens is 257 g/mol. The van der Waals surface area contributed by atoms with Gasteiger partial charge < -0.3 is 4.90 Å². The largest absolute Gasteiger partial charge is 0.378 e. The summed E-state index contributed by atoms with van der Waals surface area (Å²) in [5.74, 6) is 0. The Morgan fingerprint density at radius 1 is 0.941 bits per heavy atom. The van der Waals surface area contributed by atoms with Gasteiger partial charge in [-0.15, -0.1) is 0 Å². The van der Waals surface area contributed by atoms with Gasteiger partial charge in [0, 0.05) is 19.8 Å². The van der Waals surface area contributed by atoms with E-state index in [-0.39, 0.29) is 0 Å². The molecule has 0 spiro atoms. The highest BCUT2D eigenvalue weighted by molar-refractivity contribution is 6.37. The normalized spacial score (nSPS) is 10.4. The van der Waals surface area contributed by atoms with Crippen molar-refractivity contribution in [2.45, 2.75) is 0 Å². The molecule has 0 aliphatic carbocycles. The molecule has 0 aliphatic rings. The van der Waals surface area contributed by atoms with Crippen LogP contribution in [0.3, 0.4) is 0 Å². The average Bonchev–Trinajstić information content (AvgIpc) is 2.29. The van der Waals surface area contributed by atoms with Crippen molar-refractivity contribution in [1.29, 1.82) is 0 Å². The standard InChI is InChI=1S/C12H11Cl2N3/c1-17(2)9-5-3-8(4-6-9)10-11(13)15-7-16-12(10)14/h3-7H,1-2H3. The first-order valence-electron chi connectivity index (χ1n) is 5.03. The van der Waals surface area contributed by atoms with Crippen LogP contribution in [-0.4, -0.2) is 24.1 Å². The third kappa shape index (κ3) is 2.51. The first-order chi connectivity index (χ1) is 8.09. The number of anilines is 1. The fourth-order valence-corrected chi connectivity index (χ4v) is 2.04. The van der Waals surface area contributed by atoms with Gasteiger partial charge in [-0.2, -0.15) is 0 Å². The number of nitrogens with zero attached hydrogens (tertiary/aromatic N) is 3. The van der Waals surface area contributed by atoms with Gasteiger partial charge in [0.15, 0.2) is 0 Å². The maximum atomic E-state index is 6.02. The van der Waals surface area contributed by atoms with Crippen molar-refractivity contribution in [1.82, 2.24) is 9.97 Å². The lowest BCUT2D eigenvalue weighted by molar-refractivity contribution is 1.13. The molecule has 1 heterocycles. The van der Waals surface area contributed by atoms with Crippen LogP contribution in [0.5, 0.6) is 0 Å². The summed E-state index contributed by atoms with van der Waals surface area (Å²) in [5.41, 5.74) is 2.69. The van der Waals surface area contributed by atoms with Gasteiger partial charge in [0.2, 0.25) is 0 Å². The lowest BCUT2D eigenvalue weighted by atomic mass is 10.1. The lowest BCUT2D eigenvalue weighted by Crippen LogP contribution is -2.07. The second-order valence-electron chi connectivity index (χ2n) is 3.77. The maximum absolute atomic E-state index is 6.02. The van der Waals surface area contributed by atoms with Crippen molar-refractivity contribution < 1.29 is 0 Å². The molecule has 5 heteroatoms. The molecule has 88 valence electrons. The Balaban J connectivity index is 2.47. The van der Waals surface area contributed by atoms with Crippen LogP contribution >= 0.6 is 23.2 Å². The Morgan fingerprint density at radius 3 is 1.94 bits per heavy atom. The molecule has 0 saturated heterocycles. The summed E-state index contributed by atoms with van der Waals surface area (Å²) >= 11 is 12.0. The van der Waals surface area contributed by atoms with Crippen molar-refractivity contribution in [2.24, 2.45) is 0 Å². The molecule has 2 rings (SSSR count). The summed E-state index contributed by atoms with van der Waals surface area (Å²) in [7, 11) is 3.97. The van der Waals surface area contributed by atoms with Crippen LogP contribution < -0.4 is 4.90 Å². The number of hydrogen-bond donors (Lipinski definition) is 0. The summed E-state index contributed by atoms with van der Waals surface area (Å²) in [5, 5.41) is 0.727. The Morgan fingerprint density at radius 2 is 1.47 bits per heavy atom. The zero-order valence-electron chi connectivity index (χ0n) is 9.48. The van der Waals surface area contributed by atoms with Gasteiger partial charge in [-0.1, -0.05) is 35.3 Å². The molecule has 0 unspecified atom stereocenters. The van der Waals surface area contributed by atoms with Gasteiger partial charge in [-0.3, -0.25) is 0 Å². The summed E-state index contributed by atoms with van der Waals surface area (Å²) in [6.45, 7) is 0. The van der Waals surface area contributed by atoms with E-state index >= 15 is 0 Å². The average molecular weight is 268 g/mol. The molecule has 0 saturated carbocycles. The van der Waals surface area contributed by atoms with E-state index in [9.17, 15) is 0 Å². The highest BCUT2D eigenvalue weighted by Crippen LogP contribution is 2.32. The van der Waals surface area contributed by atoms with E-state index in [1.807, 2.05) is 43.3 Å². The summed E-state index contributed by atoms with van der Waals surface area (Å²) in [6, 6.07) is 7.89. The quantitative estimate of drug-likeness (QED) is 0.780. The molecule has 1 aromatic carbocycles. The van der Waals surface area contributed by atoms with Gasteiger partial charge in [-0.25, -0.2) is 9.97 Å². The van der Waals surface area contributed by atoms with Gasteiger partial charge >= 0.3 is 0 Å². The molecule has 0 amide bonds. The topological polar surface area (TPSA) is 29.0 Å². The molecule has 0 N–H and O–H groups in total. The number of hydrogen-bond acceptors (Lipinski definition) is 3. The van der Waals surface area contributed by atoms with Crippen molar-refractivity contribution in [3.8, 4) is 11.1 Å². The van der Waals surface area contributed by atoms with E-state index in [2.05, 4.69) is 9.97 Å². The molecule has 0 atom stereocenters. The second-order valence-corrected chi connectivity index (χ2v) is 4.49. The van der Waals surface area contributed by atoms with Gasteiger partial charge in [-0.05, 0) is 17.7 Å². The SMILES string of the molecule is CN(C)c1ccc(-c2c(Cl)ncnc2Cl)cc1. The fraction of sp³-hybridized carbons (Fsp3) is 0.167. The van der Waals surface area contributed by atoms with E-state index < -0.39 is 0 Å². The molecule has 0 radical (unpaired) electrons. The third-order valence-electron chi connectivity index (χ3n) is 2.43. The van der Waals surface area contributed by atoms with Crippen LogP contribution in [0.2, 0.25) is 10.3 Å². The minimum absolute atomic E-state index is 0.364. The molecule has 0 bridgehead atoms. The van der Waals surface area contributed by atoms with E-state index in [0.29, 0.717) is 15.9 Å². The monoisotopic (exact) mass is 267 g/mol. The predicted octanol–water partition coefficient (Wildman–Crippen LogP) is 3.52. The predicted molar refractivity (Wildman–Crippen MR) is 71.8 cm³/mol. The van der Waals surface area contributed by atoms with Crippen molar-refractivity contribution >= 4 is 28.9 Å². The van der Waals surface area contributed by atoms with Gasteiger partial charge in [0.25, 0.3) is 0 Å². The minimum Gasteiger partial charge on any atom is -0.378 e. The minimum atomic E-state index is 0.364. The number of halogens is 2. The first-order valence-corrected chi connectivity index (χ1v) is 5.79. The summed E-state index contributed by atoms with van der Waals surface area (Å²) in [4.78, 5) is 9.89. The summed E-state index contributed by atoms with van der Waals surface area (Å²) in [6.07, 6.45) is 1.35. The lowest BCUT2D eigenvalue weighted by Gasteiger charge is -2.13. The zero-order chi connectivity index (χ0) is 12.4. The van der Waals surface area contributed by atoms with Crippen molar-refractivity contribution in [2.75, 3.05) is 19.0 Å². The Bertz CT molecular complexity index is 504. The smallest absolute Gasteiger partial charge is 0.141 e.